The maximum atomic E-state index is 11.2. The van der Waals surface area contributed by atoms with E-state index >= 15 is 0 Å². The summed E-state index contributed by atoms with van der Waals surface area (Å²) < 4.78 is 0. The van der Waals surface area contributed by atoms with Crippen LogP contribution in [-0.2, 0) is 6.54 Å². The average molecular weight is 379 g/mol. The highest BCUT2D eigenvalue weighted by atomic mass is 35.5. The smallest absolute Gasteiger partial charge is 0.335 e. The molecule has 0 radical (unpaired) electrons. The fourth-order valence-corrected chi connectivity index (χ4v) is 3.18. The lowest BCUT2D eigenvalue weighted by atomic mass is 10.0. The van der Waals surface area contributed by atoms with Crippen molar-refractivity contribution in [3.63, 3.8) is 0 Å². The topological polar surface area (TPSA) is 90.9 Å². The number of nitrogens with zero attached hydrogens (tertiary/aromatic N) is 2. The molecule has 0 saturated heterocycles. The second-order valence-electron chi connectivity index (χ2n) is 5.97. The fourth-order valence-electron chi connectivity index (χ4n) is 2.90. The van der Waals surface area contributed by atoms with Crippen LogP contribution in [0.3, 0.4) is 0 Å². The molecule has 0 aliphatic carbocycles. The second kappa shape index (κ2) is 7.09. The van der Waals surface area contributed by atoms with Gasteiger partial charge in [-0.15, -0.1) is 0 Å². The van der Waals surface area contributed by atoms with Crippen LogP contribution in [0.4, 0.5) is 5.82 Å². The maximum absolute atomic E-state index is 11.2. The van der Waals surface area contributed by atoms with Crippen LogP contribution < -0.4 is 5.32 Å². The molecule has 0 atom stereocenters. The van der Waals surface area contributed by atoms with Crippen molar-refractivity contribution in [1.82, 2.24) is 15.0 Å². The molecule has 1 aromatic carbocycles. The first kappa shape index (κ1) is 17.1. The number of anilines is 1. The van der Waals surface area contributed by atoms with Crippen LogP contribution in [0.5, 0.6) is 0 Å². The van der Waals surface area contributed by atoms with Crippen molar-refractivity contribution in [2.45, 2.75) is 6.54 Å². The van der Waals surface area contributed by atoms with Gasteiger partial charge in [0.05, 0.1) is 17.8 Å². The summed E-state index contributed by atoms with van der Waals surface area (Å²) >= 11 is 6.38. The van der Waals surface area contributed by atoms with Crippen molar-refractivity contribution in [2.24, 2.45) is 0 Å². The molecule has 0 fully saturated rings. The Morgan fingerprint density at radius 2 is 2.04 bits per heavy atom. The van der Waals surface area contributed by atoms with Crippen LogP contribution >= 0.6 is 11.6 Å². The number of carbonyl (C=O) groups is 1. The molecule has 0 unspecified atom stereocenters. The Morgan fingerprint density at radius 3 is 2.78 bits per heavy atom. The monoisotopic (exact) mass is 378 g/mol. The SMILES string of the molecule is O=C(O)c1ccc(-c2cc(NCc3ccccn3)nc3[nH]ccc23)c(Cl)c1. The zero-order valence-corrected chi connectivity index (χ0v) is 14.9. The van der Waals surface area contributed by atoms with Gasteiger partial charge in [-0.2, -0.15) is 0 Å². The Hall–Kier alpha value is -3.38. The molecule has 3 heterocycles. The Bertz CT molecular complexity index is 1130. The number of pyridine rings is 2. The van der Waals surface area contributed by atoms with E-state index in [1.54, 1.807) is 18.3 Å². The summed E-state index contributed by atoms with van der Waals surface area (Å²) in [5.41, 5.74) is 3.38. The quantitative estimate of drug-likeness (QED) is 0.472. The predicted molar refractivity (Wildman–Crippen MR) is 105 cm³/mol. The van der Waals surface area contributed by atoms with Gasteiger partial charge in [-0.1, -0.05) is 23.7 Å². The summed E-state index contributed by atoms with van der Waals surface area (Å²) in [6, 6.07) is 14.3. The second-order valence-corrected chi connectivity index (χ2v) is 6.38. The molecule has 0 saturated carbocycles. The molecule has 0 amide bonds. The van der Waals surface area contributed by atoms with E-state index in [2.05, 4.69) is 20.3 Å². The summed E-state index contributed by atoms with van der Waals surface area (Å²) in [6.07, 6.45) is 3.55. The van der Waals surface area contributed by atoms with E-state index in [0.29, 0.717) is 17.4 Å². The first-order valence-electron chi connectivity index (χ1n) is 8.27. The molecule has 4 rings (SSSR count). The van der Waals surface area contributed by atoms with E-state index in [-0.39, 0.29) is 5.56 Å². The van der Waals surface area contributed by atoms with Gasteiger partial charge in [0, 0.05) is 28.4 Å². The minimum Gasteiger partial charge on any atom is -0.478 e. The predicted octanol–water partition coefficient (Wildman–Crippen LogP) is 4.59. The van der Waals surface area contributed by atoms with Crippen molar-refractivity contribution in [3.8, 4) is 11.1 Å². The molecule has 4 aromatic rings. The standard InChI is InChI=1S/C20H15ClN4O2/c21-17-9-12(20(26)27)4-5-14(17)16-10-18(25-19-15(16)6-8-23-19)24-11-13-3-1-2-7-22-13/h1-10H,11H2,(H,26,27)(H2,23,24,25). The van der Waals surface area contributed by atoms with Gasteiger partial charge in [-0.3, -0.25) is 4.98 Å². The number of fused-ring (bicyclic) bond motifs is 1. The molecule has 27 heavy (non-hydrogen) atoms. The lowest BCUT2D eigenvalue weighted by Crippen LogP contribution is -2.03. The van der Waals surface area contributed by atoms with Crippen LogP contribution in [0.25, 0.3) is 22.2 Å². The normalized spacial score (nSPS) is 10.9. The van der Waals surface area contributed by atoms with Gasteiger partial charge in [-0.25, -0.2) is 9.78 Å². The zero-order chi connectivity index (χ0) is 18.8. The molecule has 0 aliphatic rings. The summed E-state index contributed by atoms with van der Waals surface area (Å²) in [6.45, 7) is 0.533. The van der Waals surface area contributed by atoms with Crippen LogP contribution in [0.2, 0.25) is 5.02 Å². The molecule has 0 bridgehead atoms. The number of halogens is 1. The third-order valence-corrected chi connectivity index (χ3v) is 4.52. The van der Waals surface area contributed by atoms with Crippen molar-refractivity contribution in [3.05, 3.63) is 77.2 Å². The van der Waals surface area contributed by atoms with E-state index in [1.807, 2.05) is 36.5 Å². The van der Waals surface area contributed by atoms with E-state index in [1.165, 1.54) is 6.07 Å². The number of carboxylic acid groups (broad SMARTS) is 1. The minimum absolute atomic E-state index is 0.150. The number of hydrogen-bond acceptors (Lipinski definition) is 4. The van der Waals surface area contributed by atoms with E-state index < -0.39 is 5.97 Å². The summed E-state index contributed by atoms with van der Waals surface area (Å²) in [5, 5.41) is 13.7. The first-order valence-corrected chi connectivity index (χ1v) is 8.65. The number of H-pyrrole nitrogens is 1. The molecule has 6 nitrogen and oxygen atoms in total. The highest BCUT2D eigenvalue weighted by Crippen LogP contribution is 2.35. The summed E-state index contributed by atoms with van der Waals surface area (Å²) in [7, 11) is 0. The van der Waals surface area contributed by atoms with Crippen molar-refractivity contribution < 1.29 is 9.90 Å². The highest BCUT2D eigenvalue weighted by molar-refractivity contribution is 6.34. The Morgan fingerprint density at radius 1 is 1.15 bits per heavy atom. The van der Waals surface area contributed by atoms with Crippen molar-refractivity contribution in [2.75, 3.05) is 5.32 Å². The summed E-state index contributed by atoms with van der Waals surface area (Å²) in [4.78, 5) is 23.1. The highest BCUT2D eigenvalue weighted by Gasteiger charge is 2.14. The molecule has 0 aliphatic heterocycles. The summed E-state index contributed by atoms with van der Waals surface area (Å²) in [5.74, 6) is -0.341. The third kappa shape index (κ3) is 3.47. The Labute approximate surface area is 159 Å². The van der Waals surface area contributed by atoms with E-state index in [9.17, 15) is 4.79 Å². The molecular weight excluding hydrogens is 364 g/mol. The van der Waals surface area contributed by atoms with Crippen LogP contribution in [0, 0.1) is 0 Å². The van der Waals surface area contributed by atoms with Gasteiger partial charge < -0.3 is 15.4 Å². The lowest BCUT2D eigenvalue weighted by molar-refractivity contribution is 0.0697. The maximum Gasteiger partial charge on any atom is 0.335 e. The zero-order valence-electron chi connectivity index (χ0n) is 14.1. The number of carboxylic acids is 1. The van der Waals surface area contributed by atoms with E-state index in [4.69, 9.17) is 16.7 Å². The molecular formula is C20H15ClN4O2. The first-order chi connectivity index (χ1) is 13.1. The lowest BCUT2D eigenvalue weighted by Gasteiger charge is -2.11. The molecule has 134 valence electrons. The van der Waals surface area contributed by atoms with Crippen LogP contribution in [0.15, 0.2) is 60.9 Å². The van der Waals surface area contributed by atoms with E-state index in [0.717, 1.165) is 27.9 Å². The molecule has 3 N–H and O–H groups in total. The number of aromatic amines is 1. The molecule has 0 spiro atoms. The van der Waals surface area contributed by atoms with Gasteiger partial charge >= 0.3 is 5.97 Å². The van der Waals surface area contributed by atoms with Gasteiger partial charge in [0.2, 0.25) is 0 Å². The average Bonchev–Trinajstić information content (AvgIpc) is 3.15. The Balaban J connectivity index is 1.74. The Kier molecular flexibility index (Phi) is 4.48. The number of hydrogen-bond donors (Lipinski definition) is 3. The largest absolute Gasteiger partial charge is 0.478 e. The van der Waals surface area contributed by atoms with Gasteiger partial charge in [0.15, 0.2) is 0 Å². The number of benzene rings is 1. The fraction of sp³-hybridized carbons (Fsp3) is 0.0500. The van der Waals surface area contributed by atoms with Crippen LogP contribution in [-0.4, -0.2) is 26.0 Å². The molecule has 7 heteroatoms. The van der Waals surface area contributed by atoms with Crippen molar-refractivity contribution in [1.29, 1.82) is 0 Å². The van der Waals surface area contributed by atoms with Crippen LogP contribution in [0.1, 0.15) is 16.1 Å². The van der Waals surface area contributed by atoms with Gasteiger partial charge in [-0.05, 0) is 42.0 Å². The van der Waals surface area contributed by atoms with Gasteiger partial charge in [0.25, 0.3) is 0 Å². The van der Waals surface area contributed by atoms with Crippen molar-refractivity contribution >= 4 is 34.4 Å². The molecule has 3 aromatic heterocycles. The number of rotatable bonds is 5. The minimum atomic E-state index is -1.01. The van der Waals surface area contributed by atoms with Gasteiger partial charge in [0.1, 0.15) is 11.5 Å². The third-order valence-electron chi connectivity index (χ3n) is 4.21. The number of aromatic carboxylic acids is 1. The number of aromatic nitrogens is 3. The number of nitrogens with one attached hydrogen (secondary N) is 2.